The smallest absolute Gasteiger partial charge is 0.150 e. The van der Waals surface area contributed by atoms with E-state index in [0.29, 0.717) is 16.8 Å². The molecular formula is C8H9NO2. The monoisotopic (exact) mass is 151 g/mol. The van der Waals surface area contributed by atoms with E-state index in [-0.39, 0.29) is 6.61 Å². The predicted octanol–water partition coefficient (Wildman–Crippen LogP) is 0.574. The largest absolute Gasteiger partial charge is 0.398 e. The fourth-order valence-corrected chi connectivity index (χ4v) is 0.831. The number of carbonyl (C=O) groups is 1. The van der Waals surface area contributed by atoms with Gasteiger partial charge in [-0.15, -0.1) is 0 Å². The molecule has 0 fully saturated rings. The van der Waals surface area contributed by atoms with E-state index in [9.17, 15) is 4.79 Å². The molecule has 11 heavy (non-hydrogen) atoms. The summed E-state index contributed by atoms with van der Waals surface area (Å²) in [6.45, 7) is -0.0923. The number of aliphatic hydroxyl groups is 1. The lowest BCUT2D eigenvalue weighted by atomic mass is 10.1. The fraction of sp³-hybridized carbons (Fsp3) is 0.125. The van der Waals surface area contributed by atoms with Gasteiger partial charge in [-0.2, -0.15) is 0 Å². The molecule has 0 unspecified atom stereocenters. The maximum absolute atomic E-state index is 10.2. The molecule has 3 N–H and O–H groups in total. The van der Waals surface area contributed by atoms with E-state index >= 15 is 0 Å². The van der Waals surface area contributed by atoms with Gasteiger partial charge in [0.2, 0.25) is 0 Å². The number of anilines is 1. The fourth-order valence-electron chi connectivity index (χ4n) is 0.831. The molecule has 0 saturated heterocycles. The van der Waals surface area contributed by atoms with Crippen LogP contribution in [0.5, 0.6) is 0 Å². The first-order valence-corrected chi connectivity index (χ1v) is 3.22. The van der Waals surface area contributed by atoms with Crippen LogP contribution in [0, 0.1) is 0 Å². The number of hydrogen-bond acceptors (Lipinski definition) is 3. The number of nitrogen functional groups attached to an aromatic ring is 1. The Hall–Kier alpha value is -1.35. The quantitative estimate of drug-likeness (QED) is 0.480. The van der Waals surface area contributed by atoms with Gasteiger partial charge in [-0.25, -0.2) is 0 Å². The van der Waals surface area contributed by atoms with E-state index < -0.39 is 0 Å². The highest BCUT2D eigenvalue weighted by Crippen LogP contribution is 2.12. The van der Waals surface area contributed by atoms with Gasteiger partial charge in [-0.3, -0.25) is 4.79 Å². The van der Waals surface area contributed by atoms with Crippen molar-refractivity contribution in [1.29, 1.82) is 0 Å². The molecule has 0 aliphatic carbocycles. The van der Waals surface area contributed by atoms with Crippen LogP contribution in [-0.4, -0.2) is 11.4 Å². The van der Waals surface area contributed by atoms with E-state index in [2.05, 4.69) is 0 Å². The number of aldehydes is 1. The van der Waals surface area contributed by atoms with Crippen molar-refractivity contribution in [3.8, 4) is 0 Å². The zero-order chi connectivity index (χ0) is 8.27. The van der Waals surface area contributed by atoms with Gasteiger partial charge in [-0.05, 0) is 6.07 Å². The van der Waals surface area contributed by atoms with E-state index in [1.807, 2.05) is 0 Å². The van der Waals surface area contributed by atoms with Crippen LogP contribution in [0.2, 0.25) is 0 Å². The summed E-state index contributed by atoms with van der Waals surface area (Å²) in [6, 6.07) is 4.80. The summed E-state index contributed by atoms with van der Waals surface area (Å²) in [6.07, 6.45) is 0.720. The van der Waals surface area contributed by atoms with Crippen LogP contribution in [0.1, 0.15) is 15.9 Å². The molecule has 0 heterocycles. The van der Waals surface area contributed by atoms with Gasteiger partial charge < -0.3 is 10.8 Å². The molecular weight excluding hydrogens is 142 g/mol. The summed E-state index contributed by atoms with van der Waals surface area (Å²) in [5.74, 6) is 0. The second kappa shape index (κ2) is 3.16. The normalized spacial score (nSPS) is 9.55. The van der Waals surface area contributed by atoms with Crippen LogP contribution < -0.4 is 5.73 Å². The summed E-state index contributed by atoms with van der Waals surface area (Å²) < 4.78 is 0. The lowest BCUT2D eigenvalue weighted by Crippen LogP contribution is -1.95. The maximum atomic E-state index is 10.2. The minimum Gasteiger partial charge on any atom is -0.398 e. The van der Waals surface area contributed by atoms with Crippen molar-refractivity contribution in [3.63, 3.8) is 0 Å². The third kappa shape index (κ3) is 1.56. The Balaban J connectivity index is 3.09. The van der Waals surface area contributed by atoms with Crippen molar-refractivity contribution in [1.82, 2.24) is 0 Å². The molecule has 0 atom stereocenters. The van der Waals surface area contributed by atoms with E-state index in [4.69, 9.17) is 10.8 Å². The van der Waals surface area contributed by atoms with Gasteiger partial charge in [0.15, 0.2) is 0 Å². The third-order valence-corrected chi connectivity index (χ3v) is 1.48. The molecule has 0 amide bonds. The Labute approximate surface area is 64.5 Å². The summed E-state index contributed by atoms with van der Waals surface area (Å²) in [4.78, 5) is 10.2. The molecule has 0 radical (unpaired) electrons. The highest BCUT2D eigenvalue weighted by molar-refractivity contribution is 5.77. The second-order valence-corrected chi connectivity index (χ2v) is 2.23. The number of rotatable bonds is 2. The van der Waals surface area contributed by atoms with Crippen molar-refractivity contribution in [2.75, 3.05) is 5.73 Å². The number of aliphatic hydroxyl groups excluding tert-OH is 1. The molecule has 0 spiro atoms. The van der Waals surface area contributed by atoms with Crippen molar-refractivity contribution >= 4 is 12.0 Å². The molecule has 3 nitrogen and oxygen atoms in total. The molecule has 0 bridgehead atoms. The second-order valence-electron chi connectivity index (χ2n) is 2.23. The maximum Gasteiger partial charge on any atom is 0.150 e. The Morgan fingerprint density at radius 3 is 2.73 bits per heavy atom. The van der Waals surface area contributed by atoms with Crippen molar-refractivity contribution in [2.24, 2.45) is 0 Å². The highest BCUT2D eigenvalue weighted by atomic mass is 16.3. The van der Waals surface area contributed by atoms with Crippen molar-refractivity contribution in [3.05, 3.63) is 29.3 Å². The first kappa shape index (κ1) is 7.75. The zero-order valence-corrected chi connectivity index (χ0v) is 5.95. The SMILES string of the molecule is Nc1cc(C=O)ccc1CO. The lowest BCUT2D eigenvalue weighted by molar-refractivity contribution is 0.112. The van der Waals surface area contributed by atoms with Crippen molar-refractivity contribution in [2.45, 2.75) is 6.61 Å². The Bertz CT molecular complexity index is 271. The van der Waals surface area contributed by atoms with E-state index in [1.54, 1.807) is 18.2 Å². The van der Waals surface area contributed by atoms with Gasteiger partial charge in [0.1, 0.15) is 6.29 Å². The molecule has 0 aliphatic heterocycles. The molecule has 1 rings (SSSR count). The Morgan fingerprint density at radius 1 is 1.55 bits per heavy atom. The number of hydrogen-bond donors (Lipinski definition) is 2. The van der Waals surface area contributed by atoms with Gasteiger partial charge in [0.05, 0.1) is 6.61 Å². The number of benzene rings is 1. The Kier molecular flexibility index (Phi) is 2.23. The molecule has 1 aromatic rings. The molecule has 3 heteroatoms. The lowest BCUT2D eigenvalue weighted by Gasteiger charge is -2.00. The Morgan fingerprint density at radius 2 is 2.27 bits per heavy atom. The standard InChI is InChI=1S/C8H9NO2/c9-8-3-6(4-10)1-2-7(8)5-11/h1-4,11H,5,9H2. The summed E-state index contributed by atoms with van der Waals surface area (Å²) in [5, 5.41) is 8.71. The van der Waals surface area contributed by atoms with Crippen LogP contribution in [0.25, 0.3) is 0 Å². The van der Waals surface area contributed by atoms with Crippen LogP contribution in [0.4, 0.5) is 5.69 Å². The van der Waals surface area contributed by atoms with E-state index in [1.165, 1.54) is 0 Å². The first-order chi connectivity index (χ1) is 5.27. The van der Waals surface area contributed by atoms with Crippen LogP contribution in [-0.2, 0) is 6.61 Å². The van der Waals surface area contributed by atoms with Gasteiger partial charge in [-0.1, -0.05) is 12.1 Å². The predicted molar refractivity (Wildman–Crippen MR) is 42.2 cm³/mol. The minimum absolute atomic E-state index is 0.0923. The van der Waals surface area contributed by atoms with Crippen LogP contribution >= 0.6 is 0 Å². The number of carbonyl (C=O) groups excluding carboxylic acids is 1. The summed E-state index contributed by atoms with van der Waals surface area (Å²) in [7, 11) is 0. The molecule has 58 valence electrons. The highest BCUT2D eigenvalue weighted by Gasteiger charge is 1.97. The minimum atomic E-state index is -0.0923. The van der Waals surface area contributed by atoms with Gasteiger partial charge in [0.25, 0.3) is 0 Å². The van der Waals surface area contributed by atoms with Gasteiger partial charge in [0, 0.05) is 16.8 Å². The molecule has 0 aliphatic rings. The van der Waals surface area contributed by atoms with Crippen LogP contribution in [0.15, 0.2) is 18.2 Å². The average Bonchev–Trinajstić information content (AvgIpc) is 2.04. The van der Waals surface area contributed by atoms with Gasteiger partial charge >= 0.3 is 0 Å². The van der Waals surface area contributed by atoms with Crippen LogP contribution in [0.3, 0.4) is 0 Å². The zero-order valence-electron chi connectivity index (χ0n) is 5.95. The topological polar surface area (TPSA) is 63.3 Å². The third-order valence-electron chi connectivity index (χ3n) is 1.48. The summed E-state index contributed by atoms with van der Waals surface area (Å²) in [5.41, 5.74) is 7.12. The number of nitrogens with two attached hydrogens (primary N) is 1. The average molecular weight is 151 g/mol. The molecule has 1 aromatic carbocycles. The first-order valence-electron chi connectivity index (χ1n) is 3.22. The molecule has 0 aromatic heterocycles. The molecule has 0 saturated carbocycles. The summed E-state index contributed by atoms with van der Waals surface area (Å²) >= 11 is 0. The van der Waals surface area contributed by atoms with Crippen molar-refractivity contribution < 1.29 is 9.90 Å². The van der Waals surface area contributed by atoms with E-state index in [0.717, 1.165) is 6.29 Å².